The van der Waals surface area contributed by atoms with Crippen molar-refractivity contribution in [1.29, 1.82) is 0 Å². The molecule has 0 atom stereocenters. The van der Waals surface area contributed by atoms with Gasteiger partial charge in [0.05, 0.1) is 11.3 Å². The summed E-state index contributed by atoms with van der Waals surface area (Å²) >= 11 is 0. The normalized spacial score (nSPS) is 9.95. The molecule has 0 bridgehead atoms. The topological polar surface area (TPSA) is 91.3 Å². The van der Waals surface area contributed by atoms with Crippen LogP contribution in [0.1, 0.15) is 21.5 Å². The van der Waals surface area contributed by atoms with Crippen LogP contribution in [-0.2, 0) is 6.54 Å². The highest BCUT2D eigenvalue weighted by atomic mass is 16.4. The number of carbonyl (C=O) groups is 2. The van der Waals surface area contributed by atoms with E-state index in [4.69, 9.17) is 0 Å². The van der Waals surface area contributed by atoms with Gasteiger partial charge in [-0.1, -0.05) is 12.1 Å². The minimum Gasteiger partial charge on any atom is -0.478 e. The molecular formula is C15H15N3O3. The van der Waals surface area contributed by atoms with Crippen molar-refractivity contribution in [2.75, 3.05) is 5.32 Å². The molecule has 0 spiro atoms. The first-order valence-electron chi connectivity index (χ1n) is 6.34. The number of carboxylic acids is 1. The fourth-order valence-electron chi connectivity index (χ4n) is 1.91. The van der Waals surface area contributed by atoms with Crippen molar-refractivity contribution in [1.82, 2.24) is 10.3 Å². The fourth-order valence-corrected chi connectivity index (χ4v) is 1.91. The molecule has 1 aromatic heterocycles. The second-order valence-electron chi connectivity index (χ2n) is 4.47. The minimum atomic E-state index is -1.07. The van der Waals surface area contributed by atoms with Gasteiger partial charge in [-0.25, -0.2) is 9.59 Å². The lowest BCUT2D eigenvalue weighted by molar-refractivity contribution is 0.0697. The van der Waals surface area contributed by atoms with Crippen LogP contribution in [0.25, 0.3) is 0 Å². The lowest BCUT2D eigenvalue weighted by atomic mass is 10.1. The van der Waals surface area contributed by atoms with Crippen molar-refractivity contribution < 1.29 is 14.7 Å². The molecular weight excluding hydrogens is 270 g/mol. The number of amides is 2. The third-order valence-corrected chi connectivity index (χ3v) is 2.94. The third kappa shape index (κ3) is 3.79. The van der Waals surface area contributed by atoms with Gasteiger partial charge in [-0.05, 0) is 36.2 Å². The first-order chi connectivity index (χ1) is 10.1. The molecule has 0 aliphatic rings. The summed E-state index contributed by atoms with van der Waals surface area (Å²) in [5, 5.41) is 14.4. The van der Waals surface area contributed by atoms with Gasteiger partial charge < -0.3 is 15.7 Å². The van der Waals surface area contributed by atoms with Gasteiger partial charge >= 0.3 is 12.0 Å². The molecule has 21 heavy (non-hydrogen) atoms. The quantitative estimate of drug-likeness (QED) is 0.804. The number of nitrogens with zero attached hydrogens (tertiary/aromatic N) is 1. The van der Waals surface area contributed by atoms with E-state index in [-0.39, 0.29) is 11.3 Å². The number of aromatic carboxylic acids is 1. The van der Waals surface area contributed by atoms with Crippen molar-refractivity contribution in [2.45, 2.75) is 13.5 Å². The lowest BCUT2D eigenvalue weighted by Crippen LogP contribution is -2.29. The van der Waals surface area contributed by atoms with Crippen LogP contribution in [0.3, 0.4) is 0 Å². The van der Waals surface area contributed by atoms with E-state index in [0.717, 1.165) is 5.56 Å². The van der Waals surface area contributed by atoms with Crippen molar-refractivity contribution >= 4 is 17.7 Å². The monoisotopic (exact) mass is 285 g/mol. The Bertz CT molecular complexity index is 656. The largest absolute Gasteiger partial charge is 0.478 e. The summed E-state index contributed by atoms with van der Waals surface area (Å²) in [4.78, 5) is 27.0. The number of hydrogen-bond acceptors (Lipinski definition) is 3. The number of hydrogen-bond donors (Lipinski definition) is 3. The number of rotatable bonds is 4. The molecule has 0 unspecified atom stereocenters. The molecule has 6 nitrogen and oxygen atoms in total. The highest BCUT2D eigenvalue weighted by molar-refractivity contribution is 6.01. The lowest BCUT2D eigenvalue weighted by Gasteiger charge is -2.11. The number of aryl methyl sites for hydroxylation is 1. The van der Waals surface area contributed by atoms with Gasteiger partial charge in [-0.2, -0.15) is 0 Å². The van der Waals surface area contributed by atoms with Gasteiger partial charge in [0.15, 0.2) is 0 Å². The maximum Gasteiger partial charge on any atom is 0.338 e. The average molecular weight is 285 g/mol. The zero-order valence-corrected chi connectivity index (χ0v) is 11.5. The second kappa shape index (κ2) is 6.51. The standard InChI is InChI=1S/C15H15N3O3/c1-10-3-2-4-12(13(10)14(19)20)18-15(21)17-9-11-5-7-16-8-6-11/h2-8H,9H2,1H3,(H,19,20)(H2,17,18,21). The maximum atomic E-state index is 11.8. The summed E-state index contributed by atoms with van der Waals surface area (Å²) in [5.74, 6) is -1.07. The van der Waals surface area contributed by atoms with E-state index in [9.17, 15) is 14.7 Å². The van der Waals surface area contributed by atoms with E-state index in [2.05, 4.69) is 15.6 Å². The van der Waals surface area contributed by atoms with Crippen molar-refractivity contribution in [2.24, 2.45) is 0 Å². The predicted octanol–water partition coefficient (Wildman–Crippen LogP) is 2.41. The van der Waals surface area contributed by atoms with Gasteiger partial charge in [0, 0.05) is 18.9 Å². The summed E-state index contributed by atoms with van der Waals surface area (Å²) in [6.45, 7) is 2.02. The molecule has 3 N–H and O–H groups in total. The molecule has 0 radical (unpaired) electrons. The molecule has 2 rings (SSSR count). The Labute approximate surface area is 121 Å². The number of carbonyl (C=O) groups excluding carboxylic acids is 1. The van der Waals surface area contributed by atoms with Gasteiger partial charge in [0.2, 0.25) is 0 Å². The van der Waals surface area contributed by atoms with Gasteiger partial charge in [0.25, 0.3) is 0 Å². The zero-order valence-electron chi connectivity index (χ0n) is 11.5. The van der Waals surface area contributed by atoms with Crippen LogP contribution in [0, 0.1) is 6.92 Å². The smallest absolute Gasteiger partial charge is 0.338 e. The Kier molecular flexibility index (Phi) is 4.50. The maximum absolute atomic E-state index is 11.8. The van der Waals surface area contributed by atoms with Crippen molar-refractivity contribution in [3.63, 3.8) is 0 Å². The number of aromatic nitrogens is 1. The van der Waals surface area contributed by atoms with Crippen LogP contribution in [0.4, 0.5) is 10.5 Å². The minimum absolute atomic E-state index is 0.0940. The van der Waals surface area contributed by atoms with Crippen LogP contribution in [0.5, 0.6) is 0 Å². The molecule has 0 aliphatic heterocycles. The van der Waals surface area contributed by atoms with E-state index < -0.39 is 12.0 Å². The average Bonchev–Trinajstić information content (AvgIpc) is 2.46. The summed E-state index contributed by atoms with van der Waals surface area (Å²) < 4.78 is 0. The number of benzene rings is 1. The molecule has 2 aromatic rings. The van der Waals surface area contributed by atoms with Crippen LogP contribution >= 0.6 is 0 Å². The Hall–Kier alpha value is -2.89. The fraction of sp³-hybridized carbons (Fsp3) is 0.133. The number of urea groups is 1. The Morgan fingerprint density at radius 2 is 1.90 bits per heavy atom. The van der Waals surface area contributed by atoms with E-state index in [1.807, 2.05) is 0 Å². The number of anilines is 1. The molecule has 108 valence electrons. The van der Waals surface area contributed by atoms with E-state index in [1.165, 1.54) is 0 Å². The van der Waals surface area contributed by atoms with E-state index >= 15 is 0 Å². The summed E-state index contributed by atoms with van der Waals surface area (Å²) in [5.41, 5.74) is 1.86. The van der Waals surface area contributed by atoms with Crippen molar-refractivity contribution in [3.8, 4) is 0 Å². The van der Waals surface area contributed by atoms with Crippen LogP contribution in [-0.4, -0.2) is 22.1 Å². The summed E-state index contributed by atoms with van der Waals surface area (Å²) in [6, 6.07) is 8.05. The molecule has 1 heterocycles. The Morgan fingerprint density at radius 3 is 2.57 bits per heavy atom. The number of carboxylic acid groups (broad SMARTS) is 1. The van der Waals surface area contributed by atoms with Crippen LogP contribution in [0.2, 0.25) is 0 Å². The predicted molar refractivity (Wildman–Crippen MR) is 78.2 cm³/mol. The van der Waals surface area contributed by atoms with Crippen molar-refractivity contribution in [3.05, 3.63) is 59.4 Å². The van der Waals surface area contributed by atoms with Crippen LogP contribution in [0.15, 0.2) is 42.7 Å². The molecule has 1 aromatic carbocycles. The van der Waals surface area contributed by atoms with E-state index in [0.29, 0.717) is 12.1 Å². The van der Waals surface area contributed by atoms with Crippen LogP contribution < -0.4 is 10.6 Å². The van der Waals surface area contributed by atoms with Gasteiger partial charge in [-0.3, -0.25) is 4.98 Å². The summed E-state index contributed by atoms with van der Waals surface area (Å²) in [7, 11) is 0. The SMILES string of the molecule is Cc1cccc(NC(=O)NCc2ccncc2)c1C(=O)O. The summed E-state index contributed by atoms with van der Waals surface area (Å²) in [6.07, 6.45) is 3.27. The second-order valence-corrected chi connectivity index (χ2v) is 4.47. The molecule has 0 saturated carbocycles. The zero-order chi connectivity index (χ0) is 15.2. The Balaban J connectivity index is 2.03. The van der Waals surface area contributed by atoms with Gasteiger partial charge in [0.1, 0.15) is 0 Å². The Morgan fingerprint density at radius 1 is 1.19 bits per heavy atom. The third-order valence-electron chi connectivity index (χ3n) is 2.94. The molecule has 0 saturated heterocycles. The molecule has 6 heteroatoms. The van der Waals surface area contributed by atoms with Gasteiger partial charge in [-0.15, -0.1) is 0 Å². The number of nitrogens with one attached hydrogen (secondary N) is 2. The first kappa shape index (κ1) is 14.5. The molecule has 2 amide bonds. The first-order valence-corrected chi connectivity index (χ1v) is 6.34. The molecule has 0 aliphatic carbocycles. The highest BCUT2D eigenvalue weighted by Crippen LogP contribution is 2.19. The number of pyridine rings is 1. The highest BCUT2D eigenvalue weighted by Gasteiger charge is 2.14. The van der Waals surface area contributed by atoms with E-state index in [1.54, 1.807) is 49.6 Å². The molecule has 0 fully saturated rings.